The summed E-state index contributed by atoms with van der Waals surface area (Å²) in [5.41, 5.74) is 3.42. The summed E-state index contributed by atoms with van der Waals surface area (Å²) < 4.78 is 0. The second-order valence-corrected chi connectivity index (χ2v) is 9.04. The Kier molecular flexibility index (Phi) is 8.09. The molecule has 37 heavy (non-hydrogen) atoms. The second kappa shape index (κ2) is 11.6. The van der Waals surface area contributed by atoms with Crippen LogP contribution in [0.2, 0.25) is 0 Å². The zero-order valence-corrected chi connectivity index (χ0v) is 20.5. The number of nitrogens with one attached hydrogen (secondary N) is 3. The van der Waals surface area contributed by atoms with Crippen LogP contribution < -0.4 is 16.1 Å². The first-order valence-corrected chi connectivity index (χ1v) is 12.2. The molecule has 0 aromatic heterocycles. The number of hydrogen-bond donors (Lipinski definition) is 3. The Labute approximate surface area is 214 Å². The zero-order chi connectivity index (χ0) is 26.4. The lowest BCUT2D eigenvalue weighted by molar-refractivity contribution is -0.384. The van der Waals surface area contributed by atoms with Gasteiger partial charge >= 0.3 is 0 Å². The number of benzene rings is 3. The molecule has 1 heterocycles. The molecule has 1 fully saturated rings. The van der Waals surface area contributed by atoms with Gasteiger partial charge in [0.2, 0.25) is 5.91 Å². The van der Waals surface area contributed by atoms with Gasteiger partial charge in [0, 0.05) is 30.8 Å². The van der Waals surface area contributed by atoms with E-state index in [1.807, 2.05) is 35.3 Å². The molecular formula is C27H29N5O5. The normalized spacial score (nSPS) is 15.4. The average Bonchev–Trinajstić information content (AvgIpc) is 2.91. The van der Waals surface area contributed by atoms with Gasteiger partial charge in [-0.25, -0.2) is 5.01 Å². The van der Waals surface area contributed by atoms with E-state index in [4.69, 9.17) is 0 Å². The van der Waals surface area contributed by atoms with E-state index in [2.05, 4.69) is 16.1 Å². The number of amides is 3. The van der Waals surface area contributed by atoms with Crippen molar-refractivity contribution in [3.8, 4) is 0 Å². The molecule has 10 heteroatoms. The number of hydrogen-bond acceptors (Lipinski definition) is 6. The van der Waals surface area contributed by atoms with Gasteiger partial charge in [-0.15, -0.1) is 0 Å². The third kappa shape index (κ3) is 6.28. The van der Waals surface area contributed by atoms with Gasteiger partial charge in [-0.2, -0.15) is 0 Å². The number of carbonyl (C=O) groups is 3. The topological polar surface area (TPSA) is 134 Å². The molecule has 4 rings (SSSR count). The molecule has 3 N–H and O–H groups in total. The first kappa shape index (κ1) is 25.8. The molecule has 1 saturated heterocycles. The molecule has 3 aromatic carbocycles. The highest BCUT2D eigenvalue weighted by Crippen LogP contribution is 2.22. The summed E-state index contributed by atoms with van der Waals surface area (Å²) in [7, 11) is 0. The lowest BCUT2D eigenvalue weighted by atomic mass is 10.0. The Morgan fingerprint density at radius 3 is 2.24 bits per heavy atom. The van der Waals surface area contributed by atoms with Gasteiger partial charge in [-0.1, -0.05) is 42.8 Å². The summed E-state index contributed by atoms with van der Waals surface area (Å²) in [6.07, 6.45) is 3.10. The monoisotopic (exact) mass is 503 g/mol. The van der Waals surface area contributed by atoms with E-state index >= 15 is 0 Å². The van der Waals surface area contributed by atoms with E-state index in [0.717, 1.165) is 43.1 Å². The largest absolute Gasteiger partial charge is 0.342 e. The fourth-order valence-electron chi connectivity index (χ4n) is 4.34. The van der Waals surface area contributed by atoms with Gasteiger partial charge in [-0.05, 0) is 54.3 Å². The molecule has 1 aliphatic heterocycles. The minimum atomic E-state index is -1.18. The highest BCUT2D eigenvalue weighted by Gasteiger charge is 2.28. The smallest absolute Gasteiger partial charge is 0.269 e. The summed E-state index contributed by atoms with van der Waals surface area (Å²) in [4.78, 5) is 49.9. The molecule has 0 saturated carbocycles. The maximum absolute atomic E-state index is 13.3. The Bertz CT molecular complexity index is 1300. The van der Waals surface area contributed by atoms with Crippen molar-refractivity contribution in [1.29, 1.82) is 0 Å². The quantitative estimate of drug-likeness (QED) is 0.319. The molecule has 0 radical (unpaired) electrons. The molecule has 2 atom stereocenters. The minimum absolute atomic E-state index is 0.141. The van der Waals surface area contributed by atoms with Gasteiger partial charge < -0.3 is 10.6 Å². The molecule has 192 valence electrons. The molecule has 3 aromatic rings. The van der Waals surface area contributed by atoms with Crippen LogP contribution >= 0.6 is 0 Å². The van der Waals surface area contributed by atoms with Gasteiger partial charge in [0.25, 0.3) is 17.5 Å². The summed E-state index contributed by atoms with van der Waals surface area (Å²) in [5.74, 6) is -1.46. The minimum Gasteiger partial charge on any atom is -0.342 e. The molecule has 0 spiro atoms. The van der Waals surface area contributed by atoms with Crippen LogP contribution in [0.15, 0.2) is 66.7 Å². The molecular weight excluding hydrogens is 474 g/mol. The van der Waals surface area contributed by atoms with Crippen LogP contribution in [0.4, 0.5) is 5.69 Å². The maximum Gasteiger partial charge on any atom is 0.269 e. The summed E-state index contributed by atoms with van der Waals surface area (Å²) >= 11 is 0. The van der Waals surface area contributed by atoms with Crippen LogP contribution in [0.5, 0.6) is 0 Å². The number of non-ortho nitro benzene ring substituents is 1. The van der Waals surface area contributed by atoms with E-state index < -0.39 is 28.8 Å². The van der Waals surface area contributed by atoms with Crippen LogP contribution in [0.25, 0.3) is 10.8 Å². The predicted molar refractivity (Wildman–Crippen MR) is 138 cm³/mol. The molecule has 0 bridgehead atoms. The molecule has 1 aliphatic rings. The van der Waals surface area contributed by atoms with Crippen molar-refractivity contribution in [2.75, 3.05) is 13.1 Å². The maximum atomic E-state index is 13.3. The summed E-state index contributed by atoms with van der Waals surface area (Å²) in [5, 5.41) is 20.0. The van der Waals surface area contributed by atoms with Crippen molar-refractivity contribution in [2.24, 2.45) is 0 Å². The number of nitrogens with zero attached hydrogens (tertiary/aromatic N) is 2. The fourth-order valence-corrected chi connectivity index (χ4v) is 4.34. The van der Waals surface area contributed by atoms with Gasteiger partial charge in [0.15, 0.2) is 0 Å². The van der Waals surface area contributed by atoms with E-state index in [1.165, 1.54) is 24.3 Å². The highest BCUT2D eigenvalue weighted by molar-refractivity contribution is 6.08. The number of fused-ring (bicyclic) bond motifs is 1. The van der Waals surface area contributed by atoms with Crippen LogP contribution in [0, 0.1) is 10.1 Å². The van der Waals surface area contributed by atoms with E-state index in [-0.39, 0.29) is 11.6 Å². The first-order valence-electron chi connectivity index (χ1n) is 12.2. The van der Waals surface area contributed by atoms with Crippen LogP contribution in [0.1, 0.15) is 48.1 Å². The molecule has 10 nitrogen and oxygen atoms in total. The lowest BCUT2D eigenvalue weighted by Crippen LogP contribution is -2.54. The van der Waals surface area contributed by atoms with Gasteiger partial charge in [0.1, 0.15) is 12.1 Å². The third-order valence-corrected chi connectivity index (χ3v) is 6.39. The van der Waals surface area contributed by atoms with E-state index in [0.29, 0.717) is 11.1 Å². The Morgan fingerprint density at radius 1 is 0.865 bits per heavy atom. The first-order chi connectivity index (χ1) is 17.8. The van der Waals surface area contributed by atoms with E-state index in [1.54, 1.807) is 19.1 Å². The van der Waals surface area contributed by atoms with E-state index in [9.17, 15) is 24.5 Å². The van der Waals surface area contributed by atoms with Crippen LogP contribution in [0.3, 0.4) is 0 Å². The Hall–Kier alpha value is -4.31. The third-order valence-electron chi connectivity index (χ3n) is 6.39. The van der Waals surface area contributed by atoms with Crippen LogP contribution in [-0.2, 0) is 9.59 Å². The van der Waals surface area contributed by atoms with Crippen molar-refractivity contribution in [2.45, 2.75) is 38.3 Å². The zero-order valence-electron chi connectivity index (χ0n) is 20.5. The average molecular weight is 504 g/mol. The van der Waals surface area contributed by atoms with Crippen molar-refractivity contribution in [3.63, 3.8) is 0 Å². The number of hydrazine groups is 1. The number of carbonyl (C=O) groups excluding carboxylic acids is 3. The lowest BCUT2D eigenvalue weighted by Gasteiger charge is -2.28. The number of rotatable bonds is 8. The van der Waals surface area contributed by atoms with Crippen molar-refractivity contribution in [1.82, 2.24) is 21.1 Å². The SMILES string of the molecule is CC(NC(=O)[C@@H](NC(=O)c1cccc2ccccc12)c1ccc([N+](=O)[O-])cc1)C(=O)NN1CCCCC1. The fraction of sp³-hybridized carbons (Fsp3) is 0.296. The van der Waals surface area contributed by atoms with Crippen molar-refractivity contribution < 1.29 is 19.3 Å². The van der Waals surface area contributed by atoms with Crippen molar-refractivity contribution in [3.05, 3.63) is 88.0 Å². The number of piperidine rings is 1. The number of nitro benzene ring substituents is 1. The van der Waals surface area contributed by atoms with Crippen molar-refractivity contribution >= 4 is 34.2 Å². The number of nitro groups is 1. The summed E-state index contributed by atoms with van der Waals surface area (Å²) in [6, 6.07) is 16.0. The standard InChI is InChI=1S/C27H29N5O5/c1-18(25(33)30-31-16-5-2-6-17-31)28-27(35)24(20-12-14-21(15-13-20)32(36)37)29-26(34)23-11-7-9-19-8-3-4-10-22(19)23/h3-4,7-15,18,24H,2,5-6,16-17H2,1H3,(H,28,35)(H,29,34)(H,30,33)/t18?,24-/m0/s1. The molecule has 3 amide bonds. The predicted octanol–water partition coefficient (Wildman–Crippen LogP) is 3.24. The Balaban J connectivity index is 1.55. The van der Waals surface area contributed by atoms with Gasteiger partial charge in [-0.3, -0.25) is 29.9 Å². The molecule has 1 unspecified atom stereocenters. The Morgan fingerprint density at radius 2 is 1.54 bits per heavy atom. The second-order valence-electron chi connectivity index (χ2n) is 9.04. The van der Waals surface area contributed by atoms with Crippen LogP contribution in [-0.4, -0.2) is 46.8 Å². The van der Waals surface area contributed by atoms with Gasteiger partial charge in [0.05, 0.1) is 4.92 Å². The summed E-state index contributed by atoms with van der Waals surface area (Å²) in [6.45, 7) is 3.06. The molecule has 0 aliphatic carbocycles. The highest BCUT2D eigenvalue weighted by atomic mass is 16.6.